The van der Waals surface area contributed by atoms with Crippen molar-refractivity contribution in [3.05, 3.63) is 58.0 Å². The molecule has 1 amide bonds. The predicted octanol–water partition coefficient (Wildman–Crippen LogP) is 3.72. The van der Waals surface area contributed by atoms with Crippen molar-refractivity contribution < 1.29 is 14.3 Å². The number of hydrazone groups is 1. The van der Waals surface area contributed by atoms with Crippen LogP contribution in [0.4, 0.5) is 0 Å². The number of halogens is 2. The predicted molar refractivity (Wildman–Crippen MR) is 81.8 cm³/mol. The van der Waals surface area contributed by atoms with E-state index in [0.717, 1.165) is 0 Å². The Hall–Kier alpha value is -2.24. The van der Waals surface area contributed by atoms with Crippen LogP contribution in [0.3, 0.4) is 0 Å². The van der Waals surface area contributed by atoms with Gasteiger partial charge in [0.05, 0.1) is 16.8 Å². The summed E-state index contributed by atoms with van der Waals surface area (Å²) in [6.07, 6.45) is 6.17. The summed E-state index contributed by atoms with van der Waals surface area (Å²) in [5.41, 5.74) is 2.19. The molecule has 0 bridgehead atoms. The Bertz CT molecular complexity index is 694. The highest BCUT2D eigenvalue weighted by molar-refractivity contribution is 6.36. The monoisotopic (exact) mass is 324 g/mol. The number of carbonyl (C=O) groups is 1. The van der Waals surface area contributed by atoms with E-state index < -0.39 is 5.91 Å². The van der Waals surface area contributed by atoms with Crippen LogP contribution in [-0.2, 0) is 0 Å². The summed E-state index contributed by atoms with van der Waals surface area (Å²) < 4.78 is 5.07. The Morgan fingerprint density at radius 3 is 2.90 bits per heavy atom. The van der Waals surface area contributed by atoms with Gasteiger partial charge in [-0.1, -0.05) is 23.2 Å². The van der Waals surface area contributed by atoms with Crippen LogP contribution >= 0.6 is 23.2 Å². The molecule has 0 saturated heterocycles. The molecule has 0 unspecified atom stereocenters. The average molecular weight is 325 g/mol. The van der Waals surface area contributed by atoms with Crippen molar-refractivity contribution in [1.29, 1.82) is 0 Å². The zero-order chi connectivity index (χ0) is 15.2. The lowest BCUT2D eigenvalue weighted by Crippen LogP contribution is -2.17. The van der Waals surface area contributed by atoms with E-state index in [0.29, 0.717) is 5.76 Å². The largest absolute Gasteiger partial charge is 0.506 e. The van der Waals surface area contributed by atoms with Gasteiger partial charge in [0.2, 0.25) is 0 Å². The number of nitrogens with one attached hydrogen (secondary N) is 1. The first-order valence-electron chi connectivity index (χ1n) is 5.79. The van der Waals surface area contributed by atoms with Gasteiger partial charge in [-0.3, -0.25) is 4.79 Å². The van der Waals surface area contributed by atoms with Gasteiger partial charge in [0, 0.05) is 11.2 Å². The fourth-order valence-corrected chi connectivity index (χ4v) is 1.96. The van der Waals surface area contributed by atoms with Gasteiger partial charge in [-0.15, -0.1) is 0 Å². The number of hydrogen-bond acceptors (Lipinski definition) is 4. The zero-order valence-electron chi connectivity index (χ0n) is 10.6. The van der Waals surface area contributed by atoms with Crippen molar-refractivity contribution >= 4 is 41.4 Å². The Morgan fingerprint density at radius 1 is 1.38 bits per heavy atom. The molecule has 1 aromatic carbocycles. The van der Waals surface area contributed by atoms with E-state index in [-0.39, 0.29) is 21.4 Å². The van der Waals surface area contributed by atoms with Crippen molar-refractivity contribution in [3.8, 4) is 5.75 Å². The number of aromatic hydroxyl groups is 1. The molecule has 1 aromatic heterocycles. The van der Waals surface area contributed by atoms with Gasteiger partial charge < -0.3 is 9.52 Å². The van der Waals surface area contributed by atoms with Gasteiger partial charge in [0.15, 0.2) is 0 Å². The number of carbonyl (C=O) groups excluding carboxylic acids is 1. The highest BCUT2D eigenvalue weighted by Crippen LogP contribution is 2.30. The van der Waals surface area contributed by atoms with Crippen molar-refractivity contribution in [2.75, 3.05) is 0 Å². The molecule has 0 atom stereocenters. The number of phenolic OH excluding ortho intramolecular Hbond substituents is 1. The normalized spacial score (nSPS) is 11.3. The SMILES string of the molecule is O=C(N/N=C\C=C\c1ccco1)c1cc(Cl)cc(Cl)c1O. The van der Waals surface area contributed by atoms with Gasteiger partial charge in [-0.25, -0.2) is 5.43 Å². The first-order chi connectivity index (χ1) is 10.1. The molecule has 0 radical (unpaired) electrons. The molecule has 1 heterocycles. The van der Waals surface area contributed by atoms with Gasteiger partial charge in [0.25, 0.3) is 5.91 Å². The van der Waals surface area contributed by atoms with Crippen LogP contribution in [-0.4, -0.2) is 17.2 Å². The molecule has 7 heteroatoms. The van der Waals surface area contributed by atoms with Gasteiger partial charge in [-0.05, 0) is 36.4 Å². The maximum Gasteiger partial charge on any atom is 0.275 e. The fourth-order valence-electron chi connectivity index (χ4n) is 1.46. The van der Waals surface area contributed by atoms with Gasteiger partial charge in [-0.2, -0.15) is 5.10 Å². The maximum atomic E-state index is 11.8. The number of rotatable bonds is 4. The van der Waals surface area contributed by atoms with Crippen LogP contribution in [0.1, 0.15) is 16.1 Å². The zero-order valence-corrected chi connectivity index (χ0v) is 12.1. The van der Waals surface area contributed by atoms with E-state index in [1.54, 1.807) is 30.5 Å². The molecule has 108 valence electrons. The Morgan fingerprint density at radius 2 is 2.19 bits per heavy atom. The van der Waals surface area contributed by atoms with Crippen LogP contribution < -0.4 is 5.43 Å². The summed E-state index contributed by atoms with van der Waals surface area (Å²) in [5.74, 6) is -0.313. The molecule has 0 fully saturated rings. The molecule has 0 aliphatic heterocycles. The maximum absolute atomic E-state index is 11.8. The van der Waals surface area contributed by atoms with Crippen LogP contribution in [0.15, 0.2) is 46.1 Å². The van der Waals surface area contributed by atoms with Crippen molar-refractivity contribution in [2.24, 2.45) is 5.10 Å². The molecule has 2 aromatic rings. The lowest BCUT2D eigenvalue weighted by atomic mass is 10.2. The third kappa shape index (κ3) is 4.11. The minimum atomic E-state index is -0.625. The average Bonchev–Trinajstić information content (AvgIpc) is 2.95. The second-order valence-electron chi connectivity index (χ2n) is 3.88. The standard InChI is InChI=1S/C14H10Cl2N2O3/c15-9-7-11(13(19)12(16)8-9)14(20)18-17-5-1-3-10-4-2-6-21-10/h1-8,19H,(H,18,20)/b3-1+,17-5-. The summed E-state index contributed by atoms with van der Waals surface area (Å²) >= 11 is 11.5. The van der Waals surface area contributed by atoms with Crippen LogP contribution in [0.25, 0.3) is 6.08 Å². The van der Waals surface area contributed by atoms with Gasteiger partial charge in [0.1, 0.15) is 11.5 Å². The number of benzene rings is 1. The molecule has 21 heavy (non-hydrogen) atoms. The molecule has 2 rings (SSSR count). The lowest BCUT2D eigenvalue weighted by Gasteiger charge is -2.05. The summed E-state index contributed by atoms with van der Waals surface area (Å²) in [4.78, 5) is 11.8. The number of amides is 1. The summed E-state index contributed by atoms with van der Waals surface area (Å²) in [6, 6.07) is 6.16. The highest BCUT2D eigenvalue weighted by Gasteiger charge is 2.14. The quantitative estimate of drug-likeness (QED) is 0.664. The molecular weight excluding hydrogens is 315 g/mol. The van der Waals surface area contributed by atoms with Crippen molar-refractivity contribution in [2.45, 2.75) is 0 Å². The van der Waals surface area contributed by atoms with Gasteiger partial charge >= 0.3 is 0 Å². The van der Waals surface area contributed by atoms with E-state index in [2.05, 4.69) is 10.5 Å². The summed E-state index contributed by atoms with van der Waals surface area (Å²) in [5, 5.41) is 13.6. The number of allylic oxidation sites excluding steroid dienone is 1. The second kappa shape index (κ2) is 6.97. The minimum Gasteiger partial charge on any atom is -0.506 e. The molecule has 5 nitrogen and oxygen atoms in total. The van der Waals surface area contributed by atoms with Crippen LogP contribution in [0.2, 0.25) is 10.0 Å². The highest BCUT2D eigenvalue weighted by atomic mass is 35.5. The summed E-state index contributed by atoms with van der Waals surface area (Å²) in [6.45, 7) is 0. The minimum absolute atomic E-state index is 0.00524. The number of nitrogens with zero attached hydrogens (tertiary/aromatic N) is 1. The molecule has 0 spiro atoms. The summed E-state index contributed by atoms with van der Waals surface area (Å²) in [7, 11) is 0. The van der Waals surface area contributed by atoms with Crippen LogP contribution in [0.5, 0.6) is 5.75 Å². The lowest BCUT2D eigenvalue weighted by molar-refractivity contribution is 0.0952. The number of hydrogen-bond donors (Lipinski definition) is 2. The first-order valence-corrected chi connectivity index (χ1v) is 6.55. The molecule has 0 saturated carbocycles. The third-order valence-corrected chi connectivity index (χ3v) is 2.91. The molecule has 0 aliphatic rings. The van der Waals surface area contributed by atoms with E-state index in [9.17, 15) is 9.90 Å². The van der Waals surface area contributed by atoms with E-state index in [1.165, 1.54) is 18.3 Å². The van der Waals surface area contributed by atoms with E-state index >= 15 is 0 Å². The Balaban J connectivity index is 1.99. The topological polar surface area (TPSA) is 74.8 Å². The number of phenols is 1. The van der Waals surface area contributed by atoms with Crippen molar-refractivity contribution in [1.82, 2.24) is 5.43 Å². The van der Waals surface area contributed by atoms with E-state index in [4.69, 9.17) is 27.6 Å². The smallest absolute Gasteiger partial charge is 0.275 e. The van der Waals surface area contributed by atoms with Crippen LogP contribution in [0, 0.1) is 0 Å². The number of furan rings is 1. The Labute approximate surface area is 130 Å². The first kappa shape index (κ1) is 15.2. The molecule has 2 N–H and O–H groups in total. The second-order valence-corrected chi connectivity index (χ2v) is 4.72. The van der Waals surface area contributed by atoms with E-state index in [1.807, 2.05) is 0 Å². The molecule has 0 aliphatic carbocycles. The Kier molecular flexibility index (Phi) is 5.03. The molecular formula is C14H10Cl2N2O3. The third-order valence-electron chi connectivity index (χ3n) is 2.40. The fraction of sp³-hybridized carbons (Fsp3) is 0. The van der Waals surface area contributed by atoms with Crippen molar-refractivity contribution in [3.63, 3.8) is 0 Å².